The minimum Gasteiger partial charge on any atom is -0.370 e. The van der Waals surface area contributed by atoms with E-state index in [0.717, 1.165) is 5.56 Å². The van der Waals surface area contributed by atoms with E-state index in [0.29, 0.717) is 18.1 Å². The number of hydrogen-bond donors (Lipinski definition) is 2. The Morgan fingerprint density at radius 2 is 2.14 bits per heavy atom. The number of aliphatic imine (C=N–C) groups is 1. The second kappa shape index (κ2) is 4.87. The SMILES string of the molecule is CN=C(N)NCc1ccc(C#N)cc1. The molecule has 0 aliphatic heterocycles. The van der Waals surface area contributed by atoms with Crippen molar-refractivity contribution in [1.29, 1.82) is 5.26 Å². The van der Waals surface area contributed by atoms with E-state index in [1.54, 1.807) is 19.2 Å². The van der Waals surface area contributed by atoms with Crippen molar-refractivity contribution < 1.29 is 0 Å². The molecule has 1 rings (SSSR count). The summed E-state index contributed by atoms with van der Waals surface area (Å²) in [5.41, 5.74) is 7.19. The standard InChI is InChI=1S/C10H12N4/c1-13-10(12)14-7-9-4-2-8(6-11)3-5-9/h2-5H,7H2,1H3,(H3,12,13,14). The molecule has 0 aliphatic carbocycles. The van der Waals surface area contributed by atoms with Crippen LogP contribution in [0.25, 0.3) is 0 Å². The van der Waals surface area contributed by atoms with E-state index in [2.05, 4.69) is 16.4 Å². The molecule has 0 radical (unpaired) electrons. The predicted octanol–water partition coefficient (Wildman–Crippen LogP) is 0.592. The summed E-state index contributed by atoms with van der Waals surface area (Å²) < 4.78 is 0. The third-order valence-electron chi connectivity index (χ3n) is 1.80. The molecule has 0 aliphatic rings. The molecule has 4 nitrogen and oxygen atoms in total. The van der Waals surface area contributed by atoms with Gasteiger partial charge in [0.1, 0.15) is 0 Å². The van der Waals surface area contributed by atoms with Crippen LogP contribution in [0.2, 0.25) is 0 Å². The predicted molar refractivity (Wildman–Crippen MR) is 55.5 cm³/mol. The highest BCUT2D eigenvalue weighted by atomic mass is 15.1. The van der Waals surface area contributed by atoms with Crippen molar-refractivity contribution in [2.45, 2.75) is 6.54 Å². The number of nitrogens with one attached hydrogen (secondary N) is 1. The lowest BCUT2D eigenvalue weighted by Crippen LogP contribution is -2.30. The van der Waals surface area contributed by atoms with Crippen LogP contribution in [0.5, 0.6) is 0 Å². The Morgan fingerprint density at radius 1 is 1.50 bits per heavy atom. The maximum Gasteiger partial charge on any atom is 0.188 e. The lowest BCUT2D eigenvalue weighted by molar-refractivity contribution is 0.900. The fourth-order valence-electron chi connectivity index (χ4n) is 0.969. The van der Waals surface area contributed by atoms with Crippen LogP contribution < -0.4 is 11.1 Å². The summed E-state index contributed by atoms with van der Waals surface area (Å²) in [4.78, 5) is 3.77. The molecule has 0 atom stereocenters. The minimum atomic E-state index is 0.411. The fraction of sp³-hybridized carbons (Fsp3) is 0.200. The molecular weight excluding hydrogens is 176 g/mol. The number of hydrogen-bond acceptors (Lipinski definition) is 2. The van der Waals surface area contributed by atoms with Gasteiger partial charge in [-0.05, 0) is 17.7 Å². The van der Waals surface area contributed by atoms with E-state index in [1.165, 1.54) is 0 Å². The van der Waals surface area contributed by atoms with Gasteiger partial charge in [0.15, 0.2) is 5.96 Å². The largest absolute Gasteiger partial charge is 0.370 e. The van der Waals surface area contributed by atoms with Crippen LogP contribution in [0, 0.1) is 11.3 Å². The smallest absolute Gasteiger partial charge is 0.188 e. The second-order valence-electron chi connectivity index (χ2n) is 2.77. The first kappa shape index (κ1) is 10.1. The van der Waals surface area contributed by atoms with Gasteiger partial charge in [0.25, 0.3) is 0 Å². The quantitative estimate of drug-likeness (QED) is 0.527. The van der Waals surface area contributed by atoms with E-state index in [9.17, 15) is 0 Å². The normalized spacial score (nSPS) is 10.7. The summed E-state index contributed by atoms with van der Waals surface area (Å²) in [6, 6.07) is 9.38. The van der Waals surface area contributed by atoms with Gasteiger partial charge in [0, 0.05) is 13.6 Å². The molecule has 0 saturated heterocycles. The van der Waals surface area contributed by atoms with Crippen LogP contribution in [0.1, 0.15) is 11.1 Å². The number of nitrogens with two attached hydrogens (primary N) is 1. The second-order valence-corrected chi connectivity index (χ2v) is 2.77. The van der Waals surface area contributed by atoms with Gasteiger partial charge in [0.05, 0.1) is 11.6 Å². The van der Waals surface area contributed by atoms with E-state index in [1.807, 2.05) is 12.1 Å². The minimum absolute atomic E-state index is 0.411. The molecule has 1 aromatic carbocycles. The molecular formula is C10H12N4. The summed E-state index contributed by atoms with van der Waals surface area (Å²) in [7, 11) is 1.63. The molecule has 0 aromatic heterocycles. The summed E-state index contributed by atoms with van der Waals surface area (Å²) in [5.74, 6) is 0.411. The van der Waals surface area contributed by atoms with Crippen molar-refractivity contribution in [3.63, 3.8) is 0 Å². The maximum absolute atomic E-state index is 8.58. The van der Waals surface area contributed by atoms with Gasteiger partial charge in [-0.2, -0.15) is 5.26 Å². The molecule has 0 spiro atoms. The molecule has 3 N–H and O–H groups in total. The Labute approximate surface area is 83.1 Å². The van der Waals surface area contributed by atoms with Gasteiger partial charge in [-0.1, -0.05) is 12.1 Å². The summed E-state index contributed by atoms with van der Waals surface area (Å²) >= 11 is 0. The summed E-state index contributed by atoms with van der Waals surface area (Å²) in [5, 5.41) is 11.5. The maximum atomic E-state index is 8.58. The summed E-state index contributed by atoms with van der Waals surface area (Å²) in [6.07, 6.45) is 0. The number of benzene rings is 1. The number of guanidine groups is 1. The first-order chi connectivity index (χ1) is 6.76. The van der Waals surface area contributed by atoms with Gasteiger partial charge < -0.3 is 11.1 Å². The molecule has 0 unspecified atom stereocenters. The van der Waals surface area contributed by atoms with Crippen molar-refractivity contribution in [1.82, 2.24) is 5.32 Å². The highest BCUT2D eigenvalue weighted by Crippen LogP contribution is 2.02. The fourth-order valence-corrected chi connectivity index (χ4v) is 0.969. The van der Waals surface area contributed by atoms with E-state index in [4.69, 9.17) is 11.0 Å². The monoisotopic (exact) mass is 188 g/mol. The molecule has 0 amide bonds. The van der Waals surface area contributed by atoms with E-state index >= 15 is 0 Å². The molecule has 0 heterocycles. The van der Waals surface area contributed by atoms with Crippen molar-refractivity contribution in [2.24, 2.45) is 10.7 Å². The third-order valence-corrected chi connectivity index (χ3v) is 1.80. The molecule has 72 valence electrons. The van der Waals surface area contributed by atoms with Gasteiger partial charge in [-0.25, -0.2) is 0 Å². The lowest BCUT2D eigenvalue weighted by Gasteiger charge is -2.04. The van der Waals surface area contributed by atoms with Crippen LogP contribution in [-0.4, -0.2) is 13.0 Å². The van der Waals surface area contributed by atoms with Gasteiger partial charge in [-0.3, -0.25) is 4.99 Å². The Hall–Kier alpha value is -2.02. The van der Waals surface area contributed by atoms with Crippen LogP contribution >= 0.6 is 0 Å². The Bertz CT molecular complexity index is 359. The average Bonchev–Trinajstić information content (AvgIpc) is 2.26. The topological polar surface area (TPSA) is 74.2 Å². The Balaban J connectivity index is 2.57. The number of nitrogens with zero attached hydrogens (tertiary/aromatic N) is 2. The molecule has 4 heteroatoms. The molecule has 0 fully saturated rings. The zero-order chi connectivity index (χ0) is 10.4. The van der Waals surface area contributed by atoms with Crippen LogP contribution in [0.4, 0.5) is 0 Å². The lowest BCUT2D eigenvalue weighted by atomic mass is 10.1. The zero-order valence-corrected chi connectivity index (χ0v) is 7.99. The molecule has 0 bridgehead atoms. The van der Waals surface area contributed by atoms with Crippen molar-refractivity contribution in [2.75, 3.05) is 7.05 Å². The Kier molecular flexibility index (Phi) is 3.50. The van der Waals surface area contributed by atoms with Crippen molar-refractivity contribution >= 4 is 5.96 Å². The molecule has 1 aromatic rings. The molecule has 14 heavy (non-hydrogen) atoms. The van der Waals surface area contributed by atoms with Gasteiger partial charge in [-0.15, -0.1) is 0 Å². The summed E-state index contributed by atoms with van der Waals surface area (Å²) in [6.45, 7) is 0.620. The van der Waals surface area contributed by atoms with Crippen LogP contribution in [-0.2, 0) is 6.54 Å². The van der Waals surface area contributed by atoms with Crippen LogP contribution in [0.3, 0.4) is 0 Å². The highest BCUT2D eigenvalue weighted by molar-refractivity contribution is 5.77. The number of nitriles is 1. The third kappa shape index (κ3) is 2.79. The zero-order valence-electron chi connectivity index (χ0n) is 7.99. The first-order valence-corrected chi connectivity index (χ1v) is 4.21. The average molecular weight is 188 g/mol. The van der Waals surface area contributed by atoms with Crippen molar-refractivity contribution in [3.05, 3.63) is 35.4 Å². The van der Waals surface area contributed by atoms with E-state index < -0.39 is 0 Å². The van der Waals surface area contributed by atoms with E-state index in [-0.39, 0.29) is 0 Å². The van der Waals surface area contributed by atoms with Crippen molar-refractivity contribution in [3.8, 4) is 6.07 Å². The van der Waals surface area contributed by atoms with Crippen LogP contribution in [0.15, 0.2) is 29.3 Å². The Morgan fingerprint density at radius 3 is 2.64 bits per heavy atom. The molecule has 0 saturated carbocycles. The van der Waals surface area contributed by atoms with Gasteiger partial charge in [0.2, 0.25) is 0 Å². The highest BCUT2D eigenvalue weighted by Gasteiger charge is 1.94. The number of rotatable bonds is 2. The van der Waals surface area contributed by atoms with Gasteiger partial charge >= 0.3 is 0 Å². The first-order valence-electron chi connectivity index (χ1n) is 4.21.